The van der Waals surface area contributed by atoms with Gasteiger partial charge in [-0.05, 0) is 74.4 Å². The minimum Gasteiger partial charge on any atom is -0.490 e. The zero-order valence-electron chi connectivity index (χ0n) is 25.7. The lowest BCUT2D eigenvalue weighted by molar-refractivity contribution is -0.122. The summed E-state index contributed by atoms with van der Waals surface area (Å²) in [6.07, 6.45) is 1.17. The summed E-state index contributed by atoms with van der Waals surface area (Å²) < 4.78 is 16.8. The van der Waals surface area contributed by atoms with Gasteiger partial charge in [-0.3, -0.25) is 4.79 Å². The van der Waals surface area contributed by atoms with Crippen molar-refractivity contribution in [3.63, 3.8) is 0 Å². The van der Waals surface area contributed by atoms with Crippen LogP contribution in [0, 0.1) is 5.92 Å². The Bertz CT molecular complexity index is 1400. The topological polar surface area (TPSA) is 80.3 Å². The first-order chi connectivity index (χ1) is 20.7. The number of methoxy groups -OCH3 is 1. The van der Waals surface area contributed by atoms with Gasteiger partial charge in [0.15, 0.2) is 0 Å². The van der Waals surface area contributed by atoms with Gasteiger partial charge in [-0.25, -0.2) is 4.79 Å². The number of amides is 2. The molecule has 1 N–H and O–H groups in total. The van der Waals surface area contributed by atoms with Crippen LogP contribution in [0.2, 0.25) is 0 Å². The second kappa shape index (κ2) is 13.5. The van der Waals surface area contributed by atoms with Crippen molar-refractivity contribution in [2.75, 3.05) is 56.7 Å². The van der Waals surface area contributed by atoms with E-state index in [9.17, 15) is 9.59 Å². The van der Waals surface area contributed by atoms with Crippen LogP contribution in [0.15, 0.2) is 72.8 Å². The van der Waals surface area contributed by atoms with Gasteiger partial charge in [0.2, 0.25) is 5.91 Å². The molecule has 0 saturated carbocycles. The van der Waals surface area contributed by atoms with Crippen molar-refractivity contribution < 1.29 is 23.8 Å². The summed E-state index contributed by atoms with van der Waals surface area (Å²) in [5.41, 5.74) is 4.38. The van der Waals surface area contributed by atoms with Crippen LogP contribution >= 0.6 is 0 Å². The molecule has 3 aromatic rings. The highest BCUT2D eigenvalue weighted by Gasteiger charge is 2.38. The fourth-order valence-corrected chi connectivity index (χ4v) is 5.91. The van der Waals surface area contributed by atoms with Gasteiger partial charge >= 0.3 is 6.09 Å². The number of hydrogen-bond donors (Lipinski definition) is 1. The summed E-state index contributed by atoms with van der Waals surface area (Å²) >= 11 is 0. The van der Waals surface area contributed by atoms with Crippen LogP contribution < -0.4 is 15.0 Å². The Labute approximate surface area is 254 Å². The van der Waals surface area contributed by atoms with Crippen LogP contribution in [0.4, 0.5) is 16.2 Å². The molecular formula is C35H43N3O5. The van der Waals surface area contributed by atoms with Crippen molar-refractivity contribution >= 4 is 23.4 Å². The first-order valence-corrected chi connectivity index (χ1v) is 15.2. The standard InChI is InChI=1S/C35H43N3O5/c1-35(2,3)43-34(40)38-18-16-29(27-13-8-12-26(22-27)25-10-6-5-7-11-25)30(24-38)33(39)36-28-14-15-32-31(23-28)37(19-21-42-32)17-9-20-41-4/h5-8,10-15,22-23,29-30H,9,16-21,24H2,1-4H3,(H,36,39)/t29-,30+/m1/s1. The zero-order valence-corrected chi connectivity index (χ0v) is 25.7. The van der Waals surface area contributed by atoms with Gasteiger partial charge < -0.3 is 29.3 Å². The molecule has 1 saturated heterocycles. The molecule has 0 aromatic heterocycles. The number of piperidine rings is 1. The minimum atomic E-state index is -0.615. The molecule has 5 rings (SSSR count). The van der Waals surface area contributed by atoms with E-state index in [1.165, 1.54) is 0 Å². The maximum Gasteiger partial charge on any atom is 0.410 e. The molecule has 2 heterocycles. The number of benzene rings is 3. The third-order valence-corrected chi connectivity index (χ3v) is 7.99. The van der Waals surface area contributed by atoms with Crippen LogP contribution in [0.25, 0.3) is 11.1 Å². The summed E-state index contributed by atoms with van der Waals surface area (Å²) in [6.45, 7) is 9.30. The average molecular weight is 586 g/mol. The van der Waals surface area contributed by atoms with Gasteiger partial charge in [0.25, 0.3) is 0 Å². The number of carbonyl (C=O) groups excluding carboxylic acids is 2. The van der Waals surface area contributed by atoms with Crippen molar-refractivity contribution in [2.45, 2.75) is 45.1 Å². The fourth-order valence-electron chi connectivity index (χ4n) is 5.91. The van der Waals surface area contributed by atoms with E-state index in [-0.39, 0.29) is 24.5 Å². The third kappa shape index (κ3) is 7.68. The number of carbonyl (C=O) groups is 2. The number of likely N-dealkylation sites (tertiary alicyclic amines) is 1. The summed E-state index contributed by atoms with van der Waals surface area (Å²) in [4.78, 5) is 31.1. The molecule has 2 amide bonds. The molecule has 1 fully saturated rings. The van der Waals surface area contributed by atoms with E-state index in [2.05, 4.69) is 46.6 Å². The van der Waals surface area contributed by atoms with E-state index in [0.717, 1.165) is 47.6 Å². The molecule has 0 aliphatic carbocycles. The molecule has 2 aliphatic heterocycles. The number of fused-ring (bicyclic) bond motifs is 1. The van der Waals surface area contributed by atoms with Gasteiger partial charge in [-0.15, -0.1) is 0 Å². The predicted octanol–water partition coefficient (Wildman–Crippen LogP) is 6.57. The summed E-state index contributed by atoms with van der Waals surface area (Å²) in [7, 11) is 1.71. The van der Waals surface area contributed by atoms with Crippen LogP contribution in [-0.2, 0) is 14.3 Å². The average Bonchev–Trinajstić information content (AvgIpc) is 3.00. The smallest absolute Gasteiger partial charge is 0.410 e. The van der Waals surface area contributed by atoms with Gasteiger partial charge in [0, 0.05) is 39.0 Å². The lowest BCUT2D eigenvalue weighted by Crippen LogP contribution is -2.48. The first kappa shape index (κ1) is 30.4. The minimum absolute atomic E-state index is 0.0612. The lowest BCUT2D eigenvalue weighted by atomic mass is 9.79. The second-order valence-electron chi connectivity index (χ2n) is 12.3. The van der Waals surface area contributed by atoms with Crippen molar-refractivity contribution in [3.05, 3.63) is 78.4 Å². The van der Waals surface area contributed by atoms with E-state index >= 15 is 0 Å². The molecular weight excluding hydrogens is 542 g/mol. The van der Waals surface area contributed by atoms with Gasteiger partial charge in [-0.2, -0.15) is 0 Å². The SMILES string of the molecule is COCCCN1CCOc2ccc(NC(=O)[C@H]3CN(C(=O)OC(C)(C)C)CC[C@@H]3c3cccc(-c4ccccc4)c3)cc21. The monoisotopic (exact) mass is 585 g/mol. The Morgan fingerprint density at radius 2 is 1.77 bits per heavy atom. The highest BCUT2D eigenvalue weighted by molar-refractivity contribution is 5.94. The maximum absolute atomic E-state index is 14.1. The molecule has 0 radical (unpaired) electrons. The Kier molecular flexibility index (Phi) is 9.56. The number of nitrogens with one attached hydrogen (secondary N) is 1. The van der Waals surface area contributed by atoms with Gasteiger partial charge in [-0.1, -0.05) is 54.6 Å². The Morgan fingerprint density at radius 3 is 2.53 bits per heavy atom. The number of ether oxygens (including phenoxy) is 3. The van der Waals surface area contributed by atoms with E-state index in [1.54, 1.807) is 12.0 Å². The molecule has 0 bridgehead atoms. The summed E-state index contributed by atoms with van der Waals surface area (Å²) in [6, 6.07) is 24.4. The predicted molar refractivity (Wildman–Crippen MR) is 170 cm³/mol. The van der Waals surface area contributed by atoms with Crippen molar-refractivity contribution in [2.24, 2.45) is 5.92 Å². The van der Waals surface area contributed by atoms with Gasteiger partial charge in [0.1, 0.15) is 18.0 Å². The molecule has 0 unspecified atom stereocenters. The molecule has 8 nitrogen and oxygen atoms in total. The molecule has 2 atom stereocenters. The highest BCUT2D eigenvalue weighted by atomic mass is 16.6. The van der Waals surface area contributed by atoms with Crippen molar-refractivity contribution in [3.8, 4) is 16.9 Å². The van der Waals surface area contributed by atoms with E-state index in [4.69, 9.17) is 14.2 Å². The van der Waals surface area contributed by atoms with Gasteiger partial charge in [0.05, 0.1) is 18.2 Å². The molecule has 3 aromatic carbocycles. The molecule has 0 spiro atoms. The van der Waals surface area contributed by atoms with Crippen molar-refractivity contribution in [1.82, 2.24) is 4.90 Å². The largest absolute Gasteiger partial charge is 0.490 e. The van der Waals surface area contributed by atoms with Crippen LogP contribution in [0.3, 0.4) is 0 Å². The Balaban J connectivity index is 1.40. The quantitative estimate of drug-likeness (QED) is 0.301. The third-order valence-electron chi connectivity index (χ3n) is 7.99. The van der Waals surface area contributed by atoms with E-state index in [0.29, 0.717) is 31.9 Å². The van der Waals surface area contributed by atoms with Crippen LogP contribution in [0.1, 0.15) is 45.1 Å². The molecule has 228 valence electrons. The molecule has 8 heteroatoms. The highest BCUT2D eigenvalue weighted by Crippen LogP contribution is 2.38. The normalized spacial score (nSPS) is 18.4. The lowest BCUT2D eigenvalue weighted by Gasteiger charge is -2.38. The van der Waals surface area contributed by atoms with Crippen LogP contribution in [-0.4, -0.2) is 69.0 Å². The number of hydrogen-bond acceptors (Lipinski definition) is 6. The molecule has 43 heavy (non-hydrogen) atoms. The second-order valence-corrected chi connectivity index (χ2v) is 12.3. The Morgan fingerprint density at radius 1 is 0.977 bits per heavy atom. The number of nitrogens with zero attached hydrogens (tertiary/aromatic N) is 2. The summed E-state index contributed by atoms with van der Waals surface area (Å²) in [5.74, 6) is 0.170. The fraction of sp³-hybridized carbons (Fsp3) is 0.429. The van der Waals surface area contributed by atoms with Crippen molar-refractivity contribution in [1.29, 1.82) is 0 Å². The number of rotatable bonds is 8. The first-order valence-electron chi connectivity index (χ1n) is 15.2. The van der Waals surface area contributed by atoms with E-state index in [1.807, 2.05) is 57.2 Å². The number of anilines is 2. The zero-order chi connectivity index (χ0) is 30.4. The maximum atomic E-state index is 14.1. The summed E-state index contributed by atoms with van der Waals surface area (Å²) in [5, 5.41) is 3.18. The van der Waals surface area contributed by atoms with Crippen LogP contribution in [0.5, 0.6) is 5.75 Å². The Hall–Kier alpha value is -4.04. The molecule has 2 aliphatic rings. The van der Waals surface area contributed by atoms with E-state index < -0.39 is 11.5 Å².